The van der Waals surface area contributed by atoms with Crippen LogP contribution in [0.3, 0.4) is 0 Å². The second-order valence-electron chi connectivity index (χ2n) is 3.49. The van der Waals surface area contributed by atoms with Crippen LogP contribution in [-0.4, -0.2) is 43.2 Å². The number of hydrogen-bond acceptors (Lipinski definition) is 5. The summed E-state index contributed by atoms with van der Waals surface area (Å²) in [6, 6.07) is 0. The summed E-state index contributed by atoms with van der Waals surface area (Å²) >= 11 is 0. The van der Waals surface area contributed by atoms with Crippen molar-refractivity contribution in [2.75, 3.05) is 19.8 Å². The Morgan fingerprint density at radius 3 is 2.61 bits per heavy atom. The predicted molar refractivity (Wildman–Crippen MR) is 54.9 cm³/mol. The molecule has 0 saturated carbocycles. The van der Waals surface area contributed by atoms with E-state index < -0.39 is 24.1 Å². The normalized spacial score (nSPS) is 19.9. The van der Waals surface area contributed by atoms with Crippen molar-refractivity contribution in [3.05, 3.63) is 0 Å². The Morgan fingerprint density at radius 1 is 1.50 bits per heavy atom. The molecule has 1 aliphatic rings. The van der Waals surface area contributed by atoms with Crippen LogP contribution in [0.2, 0.25) is 0 Å². The molecule has 0 amide bonds. The van der Waals surface area contributed by atoms with E-state index in [-0.39, 0.29) is 96.8 Å². The van der Waals surface area contributed by atoms with Gasteiger partial charge in [-0.15, -0.1) is 0 Å². The average molecular weight is 296 g/mol. The molecule has 96 valence electrons. The van der Waals surface area contributed by atoms with E-state index in [2.05, 4.69) is 0 Å². The zero-order valence-electron chi connectivity index (χ0n) is 13.2. The molecule has 2 unspecified atom stereocenters. The zero-order chi connectivity index (χ0) is 12.0. The van der Waals surface area contributed by atoms with Crippen LogP contribution < -0.4 is 80.9 Å². The number of aliphatic carboxylic acids is 1. The van der Waals surface area contributed by atoms with E-state index in [1.807, 2.05) is 6.92 Å². The van der Waals surface area contributed by atoms with Crippen LogP contribution in [0, 0.1) is 5.92 Å². The van der Waals surface area contributed by atoms with Crippen LogP contribution in [0.25, 0.3) is 0 Å². The Labute approximate surface area is 174 Å². The summed E-state index contributed by atoms with van der Waals surface area (Å²) in [6.07, 6.45) is 0.0930. The summed E-state index contributed by atoms with van der Waals surface area (Å²) in [6.45, 7) is 2.78. The van der Waals surface area contributed by atoms with Gasteiger partial charge in [0.2, 0.25) is 6.29 Å². The molecule has 0 aromatic heterocycles. The molecule has 1 N–H and O–H groups in total. The maximum absolute atomic E-state index is 11.5. The molecule has 1 saturated heterocycles. The SMILES string of the molecule is CCCC(C(=O)O)C(=O)OC1COCCO1.[H-].[H-].[K+].[Na+]. The van der Waals surface area contributed by atoms with Crippen molar-refractivity contribution in [3.63, 3.8) is 0 Å². The molecule has 8 heteroatoms. The van der Waals surface area contributed by atoms with Crippen molar-refractivity contribution in [1.82, 2.24) is 0 Å². The minimum atomic E-state index is -1.16. The average Bonchev–Trinajstić information content (AvgIpc) is 2.26. The minimum absolute atomic E-state index is 0. The molecule has 0 aromatic carbocycles. The maximum Gasteiger partial charge on any atom is 1.00 e. The molecule has 0 bridgehead atoms. The van der Waals surface area contributed by atoms with Gasteiger partial charge in [-0.05, 0) is 6.42 Å². The number of ether oxygens (including phenoxy) is 3. The first-order chi connectivity index (χ1) is 7.65. The van der Waals surface area contributed by atoms with E-state index in [9.17, 15) is 9.59 Å². The summed E-state index contributed by atoms with van der Waals surface area (Å²) in [5, 5.41) is 8.83. The summed E-state index contributed by atoms with van der Waals surface area (Å²) in [5.74, 6) is -3.04. The fourth-order valence-corrected chi connectivity index (χ4v) is 1.38. The first-order valence-electron chi connectivity index (χ1n) is 5.27. The topological polar surface area (TPSA) is 82.1 Å². The van der Waals surface area contributed by atoms with Gasteiger partial charge in [-0.25, -0.2) is 0 Å². The summed E-state index contributed by atoms with van der Waals surface area (Å²) in [4.78, 5) is 22.3. The molecule has 0 aromatic rings. The van der Waals surface area contributed by atoms with E-state index in [1.54, 1.807) is 0 Å². The largest absolute Gasteiger partial charge is 1.00 e. The Hall–Kier alpha value is 1.50. The van der Waals surface area contributed by atoms with Gasteiger partial charge in [0, 0.05) is 0 Å². The van der Waals surface area contributed by atoms with Gasteiger partial charge < -0.3 is 22.2 Å². The molecule has 1 rings (SSSR count). The molecule has 18 heavy (non-hydrogen) atoms. The Bertz CT molecular complexity index is 266. The molecule has 0 radical (unpaired) electrons. The third kappa shape index (κ3) is 7.93. The van der Waals surface area contributed by atoms with Gasteiger partial charge in [0.1, 0.15) is 6.61 Å². The monoisotopic (exact) mass is 296 g/mol. The van der Waals surface area contributed by atoms with Gasteiger partial charge in [-0.3, -0.25) is 9.59 Å². The van der Waals surface area contributed by atoms with Gasteiger partial charge in [0.15, 0.2) is 5.92 Å². The smallest absolute Gasteiger partial charge is 1.00 e. The molecule has 1 aliphatic heterocycles. The van der Waals surface area contributed by atoms with Gasteiger partial charge in [0.05, 0.1) is 13.2 Å². The molecule has 6 nitrogen and oxygen atoms in total. The van der Waals surface area contributed by atoms with Crippen LogP contribution in [0.4, 0.5) is 0 Å². The van der Waals surface area contributed by atoms with E-state index in [0.29, 0.717) is 19.6 Å². The first kappa shape index (κ1) is 21.8. The number of carbonyl (C=O) groups is 2. The Balaban J connectivity index is -0.000000320. The summed E-state index contributed by atoms with van der Waals surface area (Å²) in [7, 11) is 0. The van der Waals surface area contributed by atoms with Crippen molar-refractivity contribution >= 4 is 11.9 Å². The summed E-state index contributed by atoms with van der Waals surface area (Å²) in [5.41, 5.74) is 0. The van der Waals surface area contributed by atoms with E-state index in [4.69, 9.17) is 19.3 Å². The number of carbonyl (C=O) groups excluding carboxylic acids is 1. The fraction of sp³-hybridized carbons (Fsp3) is 0.800. The second kappa shape index (κ2) is 12.3. The minimum Gasteiger partial charge on any atom is -1.00 e. The van der Waals surface area contributed by atoms with Gasteiger partial charge in [-0.2, -0.15) is 0 Å². The molecule has 0 spiro atoms. The first-order valence-corrected chi connectivity index (χ1v) is 5.27. The van der Waals surface area contributed by atoms with Crippen LogP contribution >= 0.6 is 0 Å². The van der Waals surface area contributed by atoms with Crippen LogP contribution in [-0.2, 0) is 23.8 Å². The van der Waals surface area contributed by atoms with Crippen molar-refractivity contribution in [3.8, 4) is 0 Å². The fourth-order valence-electron chi connectivity index (χ4n) is 1.38. The van der Waals surface area contributed by atoms with Gasteiger partial charge in [0.25, 0.3) is 0 Å². The molecule has 1 heterocycles. The van der Waals surface area contributed by atoms with Crippen LogP contribution in [0.5, 0.6) is 0 Å². The second-order valence-corrected chi connectivity index (χ2v) is 3.49. The van der Waals surface area contributed by atoms with Crippen molar-refractivity contribution in [2.45, 2.75) is 26.1 Å². The molecular weight excluding hydrogens is 278 g/mol. The molecule has 0 aliphatic carbocycles. The van der Waals surface area contributed by atoms with Crippen LogP contribution in [0.1, 0.15) is 22.6 Å². The predicted octanol–water partition coefficient (Wildman–Crippen LogP) is -5.36. The zero-order valence-corrected chi connectivity index (χ0v) is 16.3. The molecular formula is C10H18KNaO6. The number of carboxylic acid groups (broad SMARTS) is 1. The number of hydrogen-bond donors (Lipinski definition) is 1. The number of rotatable bonds is 5. The quantitative estimate of drug-likeness (QED) is 0.310. The number of carboxylic acids is 1. The number of esters is 1. The van der Waals surface area contributed by atoms with Crippen molar-refractivity contribution in [1.29, 1.82) is 0 Å². The third-order valence-corrected chi connectivity index (χ3v) is 2.19. The Kier molecular flexibility index (Phi) is 14.8. The van der Waals surface area contributed by atoms with E-state index in [1.165, 1.54) is 0 Å². The summed E-state index contributed by atoms with van der Waals surface area (Å²) < 4.78 is 15.0. The van der Waals surface area contributed by atoms with E-state index in [0.717, 1.165) is 0 Å². The van der Waals surface area contributed by atoms with Crippen LogP contribution in [0.15, 0.2) is 0 Å². The Morgan fingerprint density at radius 2 is 2.17 bits per heavy atom. The maximum atomic E-state index is 11.5. The van der Waals surface area contributed by atoms with E-state index >= 15 is 0 Å². The molecule has 1 fully saturated rings. The third-order valence-electron chi connectivity index (χ3n) is 2.19. The van der Waals surface area contributed by atoms with Crippen molar-refractivity contribution < 1.29 is 113 Å². The molecule has 2 atom stereocenters. The van der Waals surface area contributed by atoms with Crippen molar-refractivity contribution in [2.24, 2.45) is 5.92 Å². The standard InChI is InChI=1S/C10H16O6.K.Na.2H/c1-2-3-7(9(11)12)10(13)16-8-6-14-4-5-15-8;;;;/h7-8H,2-6H2,1H3,(H,11,12);;;;/q;2*+1;2*-1. The van der Waals surface area contributed by atoms with Gasteiger partial charge in [-0.1, -0.05) is 13.3 Å². The van der Waals surface area contributed by atoms with Gasteiger partial charge >= 0.3 is 92.9 Å².